The van der Waals surface area contributed by atoms with Crippen LogP contribution in [0.5, 0.6) is 5.75 Å². The zero-order chi connectivity index (χ0) is 19.6. The SMILES string of the molecule is CCOC(=O)N1CCN(CC(O)COCCOc2c(C)cccc2C)CC1. The van der Waals surface area contributed by atoms with E-state index in [0.717, 1.165) is 30.0 Å². The molecule has 0 bridgehead atoms. The van der Waals surface area contributed by atoms with Gasteiger partial charge >= 0.3 is 6.09 Å². The number of ether oxygens (including phenoxy) is 3. The zero-order valence-corrected chi connectivity index (χ0v) is 16.6. The molecule has 1 N–H and O–H groups in total. The van der Waals surface area contributed by atoms with Gasteiger partial charge in [-0.1, -0.05) is 18.2 Å². The average Bonchev–Trinajstić information content (AvgIpc) is 2.64. The molecule has 1 amide bonds. The van der Waals surface area contributed by atoms with E-state index in [4.69, 9.17) is 14.2 Å². The van der Waals surface area contributed by atoms with E-state index in [2.05, 4.69) is 4.90 Å². The first kappa shape index (κ1) is 21.5. The Labute approximate surface area is 161 Å². The van der Waals surface area contributed by atoms with Crippen LogP contribution in [0.15, 0.2) is 18.2 Å². The first-order valence-corrected chi connectivity index (χ1v) is 9.60. The van der Waals surface area contributed by atoms with Crippen LogP contribution in [0, 0.1) is 13.8 Å². The highest BCUT2D eigenvalue weighted by molar-refractivity contribution is 5.67. The number of hydrogen-bond acceptors (Lipinski definition) is 6. The Morgan fingerprint density at radius 3 is 2.44 bits per heavy atom. The maximum Gasteiger partial charge on any atom is 0.409 e. The Hall–Kier alpha value is -1.83. The predicted octanol–water partition coefficient (Wildman–Crippen LogP) is 1.83. The van der Waals surface area contributed by atoms with Gasteiger partial charge in [0.05, 0.1) is 25.9 Å². The lowest BCUT2D eigenvalue weighted by molar-refractivity contribution is -0.000182. The quantitative estimate of drug-likeness (QED) is 0.659. The van der Waals surface area contributed by atoms with Crippen molar-refractivity contribution in [2.75, 3.05) is 59.2 Å². The molecule has 27 heavy (non-hydrogen) atoms. The molecule has 1 aromatic carbocycles. The van der Waals surface area contributed by atoms with Crippen molar-refractivity contribution in [2.45, 2.75) is 26.9 Å². The molecule has 2 rings (SSSR count). The second kappa shape index (κ2) is 11.1. The van der Waals surface area contributed by atoms with Crippen LogP contribution in [-0.2, 0) is 9.47 Å². The molecule has 1 unspecified atom stereocenters. The highest BCUT2D eigenvalue weighted by Crippen LogP contribution is 2.22. The Balaban J connectivity index is 1.58. The number of aliphatic hydroxyl groups excluding tert-OH is 1. The lowest BCUT2D eigenvalue weighted by atomic mass is 10.1. The van der Waals surface area contributed by atoms with Crippen LogP contribution in [-0.4, -0.2) is 86.3 Å². The van der Waals surface area contributed by atoms with E-state index >= 15 is 0 Å². The summed E-state index contributed by atoms with van der Waals surface area (Å²) in [6, 6.07) is 6.06. The smallest absolute Gasteiger partial charge is 0.409 e. The zero-order valence-electron chi connectivity index (χ0n) is 16.6. The monoisotopic (exact) mass is 380 g/mol. The number of β-amino-alcohol motifs (C(OH)–C–C–N with tert-alkyl or cyclic N) is 1. The summed E-state index contributed by atoms with van der Waals surface area (Å²) in [5, 5.41) is 10.2. The Kier molecular flexibility index (Phi) is 8.84. The molecule has 1 saturated heterocycles. The summed E-state index contributed by atoms with van der Waals surface area (Å²) in [6.45, 7) is 10.6. The lowest BCUT2D eigenvalue weighted by Gasteiger charge is -2.34. The fourth-order valence-corrected chi connectivity index (χ4v) is 3.13. The van der Waals surface area contributed by atoms with Crippen molar-refractivity contribution >= 4 is 6.09 Å². The topological polar surface area (TPSA) is 71.5 Å². The third-order valence-electron chi connectivity index (χ3n) is 4.56. The van der Waals surface area contributed by atoms with Gasteiger partial charge in [0.1, 0.15) is 12.4 Å². The second-order valence-electron chi connectivity index (χ2n) is 6.78. The summed E-state index contributed by atoms with van der Waals surface area (Å²) in [4.78, 5) is 15.5. The number of benzene rings is 1. The molecule has 1 aromatic rings. The van der Waals surface area contributed by atoms with Gasteiger partial charge in [-0.25, -0.2) is 4.79 Å². The molecular weight excluding hydrogens is 348 g/mol. The van der Waals surface area contributed by atoms with Crippen molar-refractivity contribution in [3.8, 4) is 5.75 Å². The van der Waals surface area contributed by atoms with Gasteiger partial charge in [0, 0.05) is 32.7 Å². The summed E-state index contributed by atoms with van der Waals surface area (Å²) >= 11 is 0. The van der Waals surface area contributed by atoms with Gasteiger partial charge in [-0.2, -0.15) is 0 Å². The van der Waals surface area contributed by atoms with Crippen molar-refractivity contribution in [1.82, 2.24) is 9.80 Å². The normalized spacial score (nSPS) is 16.2. The van der Waals surface area contributed by atoms with E-state index in [-0.39, 0.29) is 12.7 Å². The minimum atomic E-state index is -0.556. The van der Waals surface area contributed by atoms with E-state index in [0.29, 0.717) is 39.5 Å². The number of amides is 1. The number of carbonyl (C=O) groups is 1. The van der Waals surface area contributed by atoms with Crippen LogP contribution in [0.4, 0.5) is 4.79 Å². The Bertz CT molecular complexity index is 567. The first-order chi connectivity index (χ1) is 13.0. The van der Waals surface area contributed by atoms with Crippen molar-refractivity contribution in [1.29, 1.82) is 0 Å². The van der Waals surface area contributed by atoms with E-state index in [1.54, 1.807) is 11.8 Å². The molecule has 1 heterocycles. The summed E-state index contributed by atoms with van der Waals surface area (Å²) in [5.41, 5.74) is 2.22. The first-order valence-electron chi connectivity index (χ1n) is 9.60. The highest BCUT2D eigenvalue weighted by atomic mass is 16.6. The summed E-state index contributed by atoms with van der Waals surface area (Å²) in [7, 11) is 0. The molecule has 0 radical (unpaired) electrons. The Morgan fingerprint density at radius 2 is 1.81 bits per heavy atom. The molecule has 1 aliphatic rings. The lowest BCUT2D eigenvalue weighted by Crippen LogP contribution is -2.51. The number of hydrogen-bond donors (Lipinski definition) is 1. The molecule has 0 aliphatic carbocycles. The van der Waals surface area contributed by atoms with Crippen molar-refractivity contribution in [2.24, 2.45) is 0 Å². The van der Waals surface area contributed by atoms with Crippen LogP contribution in [0.1, 0.15) is 18.1 Å². The van der Waals surface area contributed by atoms with E-state index in [1.165, 1.54) is 0 Å². The molecule has 152 valence electrons. The Morgan fingerprint density at radius 1 is 1.15 bits per heavy atom. The van der Waals surface area contributed by atoms with Crippen LogP contribution in [0.25, 0.3) is 0 Å². The van der Waals surface area contributed by atoms with Crippen LogP contribution < -0.4 is 4.74 Å². The summed E-state index contributed by atoms with van der Waals surface area (Å²) in [6.07, 6.45) is -0.815. The fraction of sp³-hybridized carbons (Fsp3) is 0.650. The molecule has 1 atom stereocenters. The predicted molar refractivity (Wildman–Crippen MR) is 103 cm³/mol. The molecule has 0 spiro atoms. The van der Waals surface area contributed by atoms with Gasteiger partial charge < -0.3 is 24.2 Å². The number of rotatable bonds is 9. The summed E-state index contributed by atoms with van der Waals surface area (Å²) < 4.78 is 16.3. The van der Waals surface area contributed by atoms with Gasteiger partial charge in [-0.3, -0.25) is 4.90 Å². The van der Waals surface area contributed by atoms with Gasteiger partial charge in [-0.05, 0) is 31.9 Å². The van der Waals surface area contributed by atoms with E-state index in [9.17, 15) is 9.90 Å². The van der Waals surface area contributed by atoms with Crippen LogP contribution in [0.2, 0.25) is 0 Å². The largest absolute Gasteiger partial charge is 0.491 e. The van der Waals surface area contributed by atoms with Crippen molar-refractivity contribution in [3.63, 3.8) is 0 Å². The number of aryl methyl sites for hydroxylation is 2. The van der Waals surface area contributed by atoms with Crippen molar-refractivity contribution < 1.29 is 24.1 Å². The maximum atomic E-state index is 11.7. The van der Waals surface area contributed by atoms with Gasteiger partial charge in [-0.15, -0.1) is 0 Å². The fourth-order valence-electron chi connectivity index (χ4n) is 3.13. The third kappa shape index (κ3) is 7.01. The number of aliphatic hydroxyl groups is 1. The number of carbonyl (C=O) groups excluding carboxylic acids is 1. The molecule has 7 heteroatoms. The number of nitrogens with zero attached hydrogens (tertiary/aromatic N) is 2. The minimum absolute atomic E-state index is 0.259. The minimum Gasteiger partial charge on any atom is -0.491 e. The van der Waals surface area contributed by atoms with Gasteiger partial charge in [0.2, 0.25) is 0 Å². The third-order valence-corrected chi connectivity index (χ3v) is 4.56. The summed E-state index contributed by atoms with van der Waals surface area (Å²) in [5.74, 6) is 0.904. The maximum absolute atomic E-state index is 11.7. The van der Waals surface area contributed by atoms with Crippen LogP contribution in [0.3, 0.4) is 0 Å². The standard InChI is InChI=1S/C20H32N2O5/c1-4-26-20(24)22-10-8-21(9-11-22)14-18(23)15-25-12-13-27-19-16(2)6-5-7-17(19)3/h5-7,18,23H,4,8-15H2,1-3H3. The molecule has 7 nitrogen and oxygen atoms in total. The second-order valence-corrected chi connectivity index (χ2v) is 6.78. The molecular formula is C20H32N2O5. The van der Waals surface area contributed by atoms with Gasteiger partial charge in [0.15, 0.2) is 0 Å². The molecule has 0 aromatic heterocycles. The molecule has 1 aliphatic heterocycles. The van der Waals surface area contributed by atoms with E-state index in [1.807, 2.05) is 32.0 Å². The number of para-hydroxylation sites is 1. The van der Waals surface area contributed by atoms with Crippen molar-refractivity contribution in [3.05, 3.63) is 29.3 Å². The van der Waals surface area contributed by atoms with Gasteiger partial charge in [0.25, 0.3) is 0 Å². The highest BCUT2D eigenvalue weighted by Gasteiger charge is 2.23. The van der Waals surface area contributed by atoms with E-state index < -0.39 is 6.10 Å². The average molecular weight is 380 g/mol. The van der Waals surface area contributed by atoms with Crippen LogP contribution >= 0.6 is 0 Å². The molecule has 1 fully saturated rings. The molecule has 0 saturated carbocycles. The number of piperazine rings is 1.